The average molecular weight is 445 g/mol. The smallest absolute Gasteiger partial charge is 0.236 e. The summed E-state index contributed by atoms with van der Waals surface area (Å²) in [6, 6.07) is 2.07. The first-order chi connectivity index (χ1) is 13.6. The third-order valence-corrected chi connectivity index (χ3v) is 7.23. The molecule has 2 fully saturated rings. The Balaban J connectivity index is 1.53. The quantitative estimate of drug-likeness (QED) is 0.587. The molecule has 7 heteroatoms. The van der Waals surface area contributed by atoms with Gasteiger partial charge in [-0.3, -0.25) is 0 Å². The summed E-state index contributed by atoms with van der Waals surface area (Å²) >= 11 is 3.61. The monoisotopic (exact) mass is 444 g/mol. The second-order valence-electron chi connectivity index (χ2n) is 8.64. The van der Waals surface area contributed by atoms with Crippen LogP contribution in [-0.2, 0) is 6.54 Å². The highest BCUT2D eigenvalue weighted by Gasteiger charge is 2.22. The van der Waals surface area contributed by atoms with Crippen molar-refractivity contribution in [1.82, 2.24) is 19.5 Å². The Morgan fingerprint density at radius 2 is 1.82 bits per heavy atom. The minimum absolute atomic E-state index is 0.178. The van der Waals surface area contributed by atoms with E-state index in [-0.39, 0.29) is 5.82 Å². The Bertz CT molecular complexity index is 858. The van der Waals surface area contributed by atoms with E-state index < -0.39 is 0 Å². The number of hydrogen-bond donors (Lipinski definition) is 1. The van der Waals surface area contributed by atoms with Crippen molar-refractivity contribution >= 4 is 32.9 Å². The predicted molar refractivity (Wildman–Crippen MR) is 114 cm³/mol. The van der Waals surface area contributed by atoms with Crippen LogP contribution in [0.15, 0.2) is 4.73 Å². The Morgan fingerprint density at radius 3 is 2.50 bits per heavy atom. The molecule has 0 spiro atoms. The number of nitrogens with zero attached hydrogens (tertiary/aromatic N) is 5. The highest BCUT2D eigenvalue weighted by Crippen LogP contribution is 2.33. The van der Waals surface area contributed by atoms with Gasteiger partial charge in [-0.15, -0.1) is 0 Å². The van der Waals surface area contributed by atoms with E-state index >= 15 is 0 Å². The molecule has 6 nitrogen and oxygen atoms in total. The van der Waals surface area contributed by atoms with Gasteiger partial charge in [-0.05, 0) is 46.5 Å². The molecular weight excluding hydrogens is 416 g/mol. The molecular formula is C21H29BrN6. The number of anilines is 1. The molecule has 28 heavy (non-hydrogen) atoms. The summed E-state index contributed by atoms with van der Waals surface area (Å²) in [5, 5.41) is 12.8. The van der Waals surface area contributed by atoms with Crippen molar-refractivity contribution in [3.05, 3.63) is 10.6 Å². The fourth-order valence-corrected chi connectivity index (χ4v) is 5.02. The maximum Gasteiger partial charge on any atom is 0.236 e. The van der Waals surface area contributed by atoms with Crippen molar-refractivity contribution in [3.63, 3.8) is 0 Å². The van der Waals surface area contributed by atoms with E-state index in [4.69, 9.17) is 0 Å². The standard InChI is InChI=1S/C21H29BrN6/c1-14-5-7-16(8-6-14)10-12-28-18-19(24-11-9-15-3-2-4-15)25-17(13-23)26-20(18)27-21(28)22/h14-16H,2-12H2,1H3,(H,24,25,26). The number of halogens is 1. The molecule has 4 rings (SSSR count). The van der Waals surface area contributed by atoms with Gasteiger partial charge in [-0.1, -0.05) is 51.9 Å². The molecule has 0 saturated heterocycles. The van der Waals surface area contributed by atoms with E-state index in [1.807, 2.05) is 0 Å². The molecule has 2 heterocycles. The van der Waals surface area contributed by atoms with Gasteiger partial charge in [0, 0.05) is 13.1 Å². The van der Waals surface area contributed by atoms with Crippen LogP contribution in [-0.4, -0.2) is 26.1 Å². The lowest BCUT2D eigenvalue weighted by atomic mass is 9.81. The molecule has 2 aromatic rings. The number of rotatable bonds is 7. The van der Waals surface area contributed by atoms with Crippen molar-refractivity contribution < 1.29 is 0 Å². The fourth-order valence-electron chi connectivity index (χ4n) is 4.49. The molecule has 2 saturated carbocycles. The molecule has 1 N–H and O–H groups in total. The Labute approximate surface area is 175 Å². The first-order valence-corrected chi connectivity index (χ1v) is 11.5. The highest BCUT2D eigenvalue weighted by atomic mass is 79.9. The molecule has 2 aliphatic rings. The van der Waals surface area contributed by atoms with Crippen LogP contribution in [0.3, 0.4) is 0 Å². The molecule has 2 aromatic heterocycles. The van der Waals surface area contributed by atoms with E-state index in [1.54, 1.807) is 0 Å². The molecule has 2 aliphatic carbocycles. The van der Waals surface area contributed by atoms with Crippen LogP contribution in [0.2, 0.25) is 0 Å². The lowest BCUT2D eigenvalue weighted by Gasteiger charge is -2.26. The minimum Gasteiger partial charge on any atom is -0.368 e. The summed E-state index contributed by atoms with van der Waals surface area (Å²) < 4.78 is 2.96. The normalized spacial score (nSPS) is 22.8. The van der Waals surface area contributed by atoms with Crippen molar-refractivity contribution in [1.29, 1.82) is 5.26 Å². The number of aryl methyl sites for hydroxylation is 1. The summed E-state index contributed by atoms with van der Waals surface area (Å²) in [7, 11) is 0. The van der Waals surface area contributed by atoms with Crippen LogP contribution in [0, 0.1) is 29.1 Å². The zero-order valence-electron chi connectivity index (χ0n) is 16.6. The summed E-state index contributed by atoms with van der Waals surface area (Å²) in [4.78, 5) is 13.4. The first-order valence-electron chi connectivity index (χ1n) is 10.7. The SMILES string of the molecule is CC1CCC(CCn2c(Br)nc3nc(C#N)nc(NCCC4CCC4)c32)CC1. The summed E-state index contributed by atoms with van der Waals surface area (Å²) in [6.45, 7) is 4.15. The van der Waals surface area contributed by atoms with Gasteiger partial charge in [-0.25, -0.2) is 4.98 Å². The van der Waals surface area contributed by atoms with Crippen LogP contribution in [0.1, 0.15) is 70.5 Å². The van der Waals surface area contributed by atoms with Crippen LogP contribution >= 0.6 is 15.9 Å². The number of hydrogen-bond acceptors (Lipinski definition) is 5. The third kappa shape index (κ3) is 4.32. The predicted octanol–water partition coefficient (Wildman–Crippen LogP) is 5.28. The Hall–Kier alpha value is -1.68. The zero-order chi connectivity index (χ0) is 19.5. The number of aromatic nitrogens is 4. The number of nitriles is 1. The van der Waals surface area contributed by atoms with E-state index in [0.29, 0.717) is 5.65 Å². The van der Waals surface area contributed by atoms with Gasteiger partial charge in [0.2, 0.25) is 5.82 Å². The lowest BCUT2D eigenvalue weighted by molar-refractivity contribution is 0.269. The van der Waals surface area contributed by atoms with Crippen LogP contribution in [0.5, 0.6) is 0 Å². The largest absolute Gasteiger partial charge is 0.368 e. The summed E-state index contributed by atoms with van der Waals surface area (Å²) in [5.41, 5.74) is 1.52. The molecule has 0 radical (unpaired) electrons. The molecule has 0 aliphatic heterocycles. The topological polar surface area (TPSA) is 79.4 Å². The van der Waals surface area contributed by atoms with Crippen LogP contribution in [0.4, 0.5) is 5.82 Å². The van der Waals surface area contributed by atoms with E-state index in [9.17, 15) is 5.26 Å². The molecule has 0 atom stereocenters. The van der Waals surface area contributed by atoms with Gasteiger partial charge in [0.15, 0.2) is 16.2 Å². The maximum absolute atomic E-state index is 9.30. The summed E-state index contributed by atoms with van der Waals surface area (Å²) in [5.74, 6) is 3.43. The molecule has 0 bridgehead atoms. The van der Waals surface area contributed by atoms with E-state index in [2.05, 4.69) is 53.8 Å². The molecule has 0 amide bonds. The van der Waals surface area contributed by atoms with Gasteiger partial charge in [0.1, 0.15) is 11.6 Å². The van der Waals surface area contributed by atoms with Gasteiger partial charge in [-0.2, -0.15) is 15.2 Å². The Kier molecular flexibility index (Phi) is 6.15. The van der Waals surface area contributed by atoms with Gasteiger partial charge >= 0.3 is 0 Å². The number of nitrogens with one attached hydrogen (secondary N) is 1. The molecule has 150 valence electrons. The van der Waals surface area contributed by atoms with Crippen LogP contribution in [0.25, 0.3) is 11.2 Å². The maximum atomic E-state index is 9.30. The van der Waals surface area contributed by atoms with Crippen molar-refractivity contribution in [3.8, 4) is 6.07 Å². The fraction of sp³-hybridized carbons (Fsp3) is 0.714. The first kappa shape index (κ1) is 19.6. The Morgan fingerprint density at radius 1 is 1.07 bits per heavy atom. The number of imidazole rings is 1. The van der Waals surface area contributed by atoms with Gasteiger partial charge in [0.25, 0.3) is 0 Å². The molecule has 0 unspecified atom stereocenters. The van der Waals surface area contributed by atoms with Crippen molar-refractivity contribution in [2.45, 2.75) is 71.3 Å². The van der Waals surface area contributed by atoms with Gasteiger partial charge < -0.3 is 9.88 Å². The van der Waals surface area contributed by atoms with E-state index in [1.165, 1.54) is 44.9 Å². The number of fused-ring (bicyclic) bond motifs is 1. The lowest BCUT2D eigenvalue weighted by Crippen LogP contribution is -2.17. The van der Waals surface area contributed by atoms with Crippen molar-refractivity contribution in [2.75, 3.05) is 11.9 Å². The van der Waals surface area contributed by atoms with E-state index in [0.717, 1.165) is 59.8 Å². The second kappa shape index (κ2) is 8.77. The second-order valence-corrected chi connectivity index (χ2v) is 9.35. The summed E-state index contributed by atoms with van der Waals surface area (Å²) in [6.07, 6.45) is 11.7. The average Bonchev–Trinajstić information content (AvgIpc) is 2.98. The minimum atomic E-state index is 0.178. The van der Waals surface area contributed by atoms with Gasteiger partial charge in [0.05, 0.1) is 0 Å². The highest BCUT2D eigenvalue weighted by molar-refractivity contribution is 9.10. The van der Waals surface area contributed by atoms with Crippen molar-refractivity contribution in [2.24, 2.45) is 17.8 Å². The zero-order valence-corrected chi connectivity index (χ0v) is 18.2. The van der Waals surface area contributed by atoms with Crippen LogP contribution < -0.4 is 5.32 Å². The molecule has 0 aromatic carbocycles. The third-order valence-electron chi connectivity index (χ3n) is 6.62.